The molecule has 0 bridgehead atoms. The van der Waals surface area contributed by atoms with Crippen molar-refractivity contribution in [2.24, 2.45) is 0 Å². The zero-order valence-corrected chi connectivity index (χ0v) is 11.5. The lowest BCUT2D eigenvalue weighted by Gasteiger charge is -2.08. The fraction of sp³-hybridized carbons (Fsp3) is 0.583. The number of nitrogens with one attached hydrogen (secondary N) is 1. The van der Waals surface area contributed by atoms with Crippen LogP contribution in [0.15, 0.2) is 16.7 Å². The molecule has 0 aliphatic rings. The number of hydrogen-bond donors (Lipinski definition) is 1. The molecule has 1 aromatic heterocycles. The second-order valence-electron chi connectivity index (χ2n) is 3.71. The monoisotopic (exact) mass is 286 g/mol. The van der Waals surface area contributed by atoms with Gasteiger partial charge in [-0.05, 0) is 47.3 Å². The number of aryl methyl sites for hydroxylation is 1. The lowest BCUT2D eigenvalue weighted by molar-refractivity contribution is 0.134. The third-order valence-electron chi connectivity index (χ3n) is 2.15. The molecular formula is C12H19BrN2O. The van der Waals surface area contributed by atoms with Crippen LogP contribution in [0, 0.1) is 6.92 Å². The van der Waals surface area contributed by atoms with Gasteiger partial charge in [-0.25, -0.2) is 4.98 Å². The number of anilines is 1. The van der Waals surface area contributed by atoms with Gasteiger partial charge in [-0.2, -0.15) is 0 Å². The Bertz CT molecular complexity index is 318. The average molecular weight is 287 g/mol. The molecule has 1 rings (SSSR count). The highest BCUT2D eigenvalue weighted by molar-refractivity contribution is 9.10. The molecule has 0 unspecified atom stereocenters. The Morgan fingerprint density at radius 2 is 2.25 bits per heavy atom. The van der Waals surface area contributed by atoms with Crippen LogP contribution < -0.4 is 5.32 Å². The van der Waals surface area contributed by atoms with E-state index in [-0.39, 0.29) is 0 Å². The second-order valence-corrected chi connectivity index (χ2v) is 4.63. The van der Waals surface area contributed by atoms with Gasteiger partial charge in [0.2, 0.25) is 0 Å². The summed E-state index contributed by atoms with van der Waals surface area (Å²) in [5.74, 6) is 0.957. The largest absolute Gasteiger partial charge is 0.381 e. The van der Waals surface area contributed by atoms with E-state index in [1.165, 1.54) is 0 Å². The molecule has 1 N–H and O–H groups in total. The van der Waals surface area contributed by atoms with Crippen LogP contribution in [0.25, 0.3) is 0 Å². The number of rotatable bonds is 7. The van der Waals surface area contributed by atoms with Gasteiger partial charge in [-0.15, -0.1) is 0 Å². The first-order valence-electron chi connectivity index (χ1n) is 5.67. The van der Waals surface area contributed by atoms with Crippen molar-refractivity contribution in [3.63, 3.8) is 0 Å². The minimum absolute atomic E-state index is 0.816. The quantitative estimate of drug-likeness (QED) is 0.781. The van der Waals surface area contributed by atoms with Crippen molar-refractivity contribution < 1.29 is 4.74 Å². The first-order chi connectivity index (χ1) is 7.74. The van der Waals surface area contributed by atoms with Gasteiger partial charge in [0.25, 0.3) is 0 Å². The van der Waals surface area contributed by atoms with Crippen molar-refractivity contribution in [1.29, 1.82) is 0 Å². The zero-order chi connectivity index (χ0) is 11.8. The van der Waals surface area contributed by atoms with Gasteiger partial charge in [-0.3, -0.25) is 0 Å². The van der Waals surface area contributed by atoms with Gasteiger partial charge in [0, 0.05) is 30.4 Å². The summed E-state index contributed by atoms with van der Waals surface area (Å²) >= 11 is 3.40. The Morgan fingerprint density at radius 3 is 2.94 bits per heavy atom. The van der Waals surface area contributed by atoms with Crippen LogP contribution in [0.3, 0.4) is 0 Å². The van der Waals surface area contributed by atoms with E-state index < -0.39 is 0 Å². The van der Waals surface area contributed by atoms with Gasteiger partial charge < -0.3 is 10.1 Å². The molecule has 0 saturated carbocycles. The zero-order valence-electron chi connectivity index (χ0n) is 9.92. The summed E-state index contributed by atoms with van der Waals surface area (Å²) < 4.78 is 6.42. The number of hydrogen-bond acceptors (Lipinski definition) is 3. The van der Waals surface area contributed by atoms with E-state index in [1.54, 1.807) is 0 Å². The van der Waals surface area contributed by atoms with Crippen molar-refractivity contribution in [2.45, 2.75) is 26.7 Å². The van der Waals surface area contributed by atoms with Crippen molar-refractivity contribution in [3.8, 4) is 0 Å². The first kappa shape index (κ1) is 13.5. The normalized spacial score (nSPS) is 10.4. The summed E-state index contributed by atoms with van der Waals surface area (Å²) in [5.41, 5.74) is 1.16. The van der Waals surface area contributed by atoms with Gasteiger partial charge in [0.1, 0.15) is 5.82 Å². The lowest BCUT2D eigenvalue weighted by Crippen LogP contribution is -2.08. The predicted molar refractivity (Wildman–Crippen MR) is 70.9 cm³/mol. The van der Waals surface area contributed by atoms with Crippen molar-refractivity contribution in [3.05, 3.63) is 22.3 Å². The summed E-state index contributed by atoms with van der Waals surface area (Å²) in [5, 5.41) is 3.31. The average Bonchev–Trinajstić information content (AvgIpc) is 2.26. The highest BCUT2D eigenvalue weighted by atomic mass is 79.9. The van der Waals surface area contributed by atoms with E-state index in [9.17, 15) is 0 Å². The standard InChI is InChI=1S/C12H19BrN2O/c1-3-6-16-7-4-5-14-12-10(2)8-11(13)9-15-12/h8-9H,3-7H2,1-2H3,(H,14,15). The van der Waals surface area contributed by atoms with E-state index in [0.717, 1.165) is 48.5 Å². The molecule has 0 atom stereocenters. The van der Waals surface area contributed by atoms with Crippen LogP contribution in [0.2, 0.25) is 0 Å². The van der Waals surface area contributed by atoms with E-state index in [2.05, 4.69) is 39.2 Å². The Kier molecular flexibility index (Phi) is 6.42. The molecule has 0 fully saturated rings. The summed E-state index contributed by atoms with van der Waals surface area (Å²) in [7, 11) is 0. The fourth-order valence-corrected chi connectivity index (χ4v) is 1.80. The van der Waals surface area contributed by atoms with E-state index in [0.29, 0.717) is 0 Å². The van der Waals surface area contributed by atoms with Crippen molar-refractivity contribution >= 4 is 21.7 Å². The van der Waals surface area contributed by atoms with Crippen molar-refractivity contribution in [1.82, 2.24) is 4.98 Å². The number of pyridine rings is 1. The molecule has 4 heteroatoms. The molecule has 0 amide bonds. The number of nitrogens with zero attached hydrogens (tertiary/aromatic N) is 1. The molecule has 0 aliphatic carbocycles. The lowest BCUT2D eigenvalue weighted by atomic mass is 10.3. The Labute approximate surface area is 106 Å². The van der Waals surface area contributed by atoms with Crippen LogP contribution >= 0.6 is 15.9 Å². The summed E-state index contributed by atoms with van der Waals surface area (Å²) in [6.07, 6.45) is 3.90. The summed E-state index contributed by atoms with van der Waals surface area (Å²) in [6, 6.07) is 2.06. The van der Waals surface area contributed by atoms with Crippen LogP contribution in [0.5, 0.6) is 0 Å². The van der Waals surface area contributed by atoms with Crippen LogP contribution in [-0.2, 0) is 4.74 Å². The van der Waals surface area contributed by atoms with Crippen LogP contribution in [0.4, 0.5) is 5.82 Å². The maximum Gasteiger partial charge on any atom is 0.128 e. The van der Waals surface area contributed by atoms with E-state index in [4.69, 9.17) is 4.74 Å². The molecule has 3 nitrogen and oxygen atoms in total. The number of halogens is 1. The van der Waals surface area contributed by atoms with Gasteiger partial charge in [0.15, 0.2) is 0 Å². The number of aromatic nitrogens is 1. The smallest absolute Gasteiger partial charge is 0.128 e. The van der Waals surface area contributed by atoms with Crippen LogP contribution in [-0.4, -0.2) is 24.7 Å². The molecule has 1 aromatic rings. The third-order valence-corrected chi connectivity index (χ3v) is 2.58. The maximum atomic E-state index is 5.40. The summed E-state index contributed by atoms with van der Waals surface area (Å²) in [4.78, 5) is 4.31. The molecular weight excluding hydrogens is 268 g/mol. The van der Waals surface area contributed by atoms with Gasteiger partial charge in [0.05, 0.1) is 0 Å². The first-order valence-corrected chi connectivity index (χ1v) is 6.47. The van der Waals surface area contributed by atoms with Gasteiger partial charge in [-0.1, -0.05) is 6.92 Å². The maximum absolute atomic E-state index is 5.40. The molecule has 1 heterocycles. The molecule has 0 aromatic carbocycles. The minimum atomic E-state index is 0.816. The molecule has 16 heavy (non-hydrogen) atoms. The summed E-state index contributed by atoms with van der Waals surface area (Å²) in [6.45, 7) is 6.74. The molecule has 0 radical (unpaired) electrons. The molecule has 0 spiro atoms. The molecule has 0 saturated heterocycles. The number of ether oxygens (including phenoxy) is 1. The van der Waals surface area contributed by atoms with Gasteiger partial charge >= 0.3 is 0 Å². The highest BCUT2D eigenvalue weighted by Gasteiger charge is 1.99. The molecule has 0 aliphatic heterocycles. The fourth-order valence-electron chi connectivity index (χ4n) is 1.35. The van der Waals surface area contributed by atoms with Crippen molar-refractivity contribution in [2.75, 3.05) is 25.1 Å². The molecule has 90 valence electrons. The Hall–Kier alpha value is -0.610. The van der Waals surface area contributed by atoms with Crippen LogP contribution in [0.1, 0.15) is 25.3 Å². The Morgan fingerprint density at radius 1 is 1.44 bits per heavy atom. The predicted octanol–water partition coefficient (Wildman–Crippen LogP) is 3.38. The van der Waals surface area contributed by atoms with E-state index >= 15 is 0 Å². The second kappa shape index (κ2) is 7.63. The SMILES string of the molecule is CCCOCCCNc1ncc(Br)cc1C. The Balaban J connectivity index is 2.21. The highest BCUT2D eigenvalue weighted by Crippen LogP contribution is 2.16. The topological polar surface area (TPSA) is 34.1 Å². The van der Waals surface area contributed by atoms with E-state index in [1.807, 2.05) is 13.1 Å². The third kappa shape index (κ3) is 4.94. The minimum Gasteiger partial charge on any atom is -0.381 e.